The van der Waals surface area contributed by atoms with Gasteiger partial charge in [-0.3, -0.25) is 9.35 Å². The highest BCUT2D eigenvalue weighted by molar-refractivity contribution is 14.1. The summed E-state index contributed by atoms with van der Waals surface area (Å²) in [5.74, 6) is -2.54. The maximum absolute atomic E-state index is 11.8. The molecule has 0 aliphatic carbocycles. The molecule has 0 saturated carbocycles. The Balaban J connectivity index is 1.61. The summed E-state index contributed by atoms with van der Waals surface area (Å²) < 4.78 is 38.4. The van der Waals surface area contributed by atoms with Crippen LogP contribution in [0.4, 0.5) is 11.4 Å². The molecule has 0 radical (unpaired) electrons. The summed E-state index contributed by atoms with van der Waals surface area (Å²) in [5.41, 5.74) is 5.34. The Bertz CT molecular complexity index is 1910. The number of ether oxygens (including phenoxy) is 1. The third-order valence-electron chi connectivity index (χ3n) is 9.28. The summed E-state index contributed by atoms with van der Waals surface area (Å²) in [5, 5.41) is 19.3. The van der Waals surface area contributed by atoms with E-state index in [2.05, 4.69) is 39.0 Å². The van der Waals surface area contributed by atoms with Gasteiger partial charge in [-0.15, -0.1) is 0 Å². The molecule has 51 heavy (non-hydrogen) atoms. The van der Waals surface area contributed by atoms with Crippen molar-refractivity contribution in [3.8, 4) is 0 Å². The Morgan fingerprint density at radius 1 is 0.902 bits per heavy atom. The molecule has 0 bridgehead atoms. The molecule has 2 heterocycles. The molecule has 3 N–H and O–H groups in total. The van der Waals surface area contributed by atoms with Crippen molar-refractivity contribution < 1.29 is 46.9 Å². The first-order valence-electron chi connectivity index (χ1n) is 17.0. The van der Waals surface area contributed by atoms with Crippen LogP contribution >= 0.6 is 22.6 Å². The molecular formula is C38H46IN2O9S+. The van der Waals surface area contributed by atoms with Gasteiger partial charge in [0.2, 0.25) is 5.69 Å². The number of carboxylic acids is 2. The van der Waals surface area contributed by atoms with E-state index in [1.807, 2.05) is 50.3 Å². The van der Waals surface area contributed by atoms with Gasteiger partial charge in [-0.05, 0) is 88.9 Å². The van der Waals surface area contributed by atoms with Crippen molar-refractivity contribution in [2.24, 2.45) is 0 Å². The van der Waals surface area contributed by atoms with Crippen LogP contribution in [0.1, 0.15) is 98.1 Å². The van der Waals surface area contributed by atoms with Gasteiger partial charge in [-0.25, -0.2) is 9.59 Å². The summed E-state index contributed by atoms with van der Waals surface area (Å²) >= 11 is 2.37. The minimum atomic E-state index is -4.07. The van der Waals surface area contributed by atoms with E-state index >= 15 is 0 Å². The second-order valence-corrected chi connectivity index (χ2v) is 17.0. The second-order valence-electron chi connectivity index (χ2n) is 13.3. The van der Waals surface area contributed by atoms with Gasteiger partial charge in [0.05, 0.1) is 32.3 Å². The van der Waals surface area contributed by atoms with Gasteiger partial charge in [-0.2, -0.15) is 13.0 Å². The zero-order valence-corrected chi connectivity index (χ0v) is 32.4. The van der Waals surface area contributed by atoms with E-state index in [0.717, 1.165) is 53.2 Å². The van der Waals surface area contributed by atoms with E-state index in [0.29, 0.717) is 32.5 Å². The van der Waals surface area contributed by atoms with Crippen molar-refractivity contribution in [2.45, 2.75) is 75.1 Å². The fraction of sp³-hybridized carbons (Fsp3) is 0.421. The summed E-state index contributed by atoms with van der Waals surface area (Å²) in [7, 11) is -4.07. The number of unbranched alkanes of at least 4 members (excludes halogenated alkanes) is 3. The number of fused-ring (bicyclic) bond motifs is 2. The van der Waals surface area contributed by atoms with Crippen LogP contribution in [0.2, 0.25) is 0 Å². The van der Waals surface area contributed by atoms with Crippen LogP contribution in [0.5, 0.6) is 0 Å². The Morgan fingerprint density at radius 3 is 2.22 bits per heavy atom. The summed E-state index contributed by atoms with van der Waals surface area (Å²) in [6.45, 7) is 9.42. The summed E-state index contributed by atoms with van der Waals surface area (Å²) in [6, 6.07) is 10.2. The number of hydrogen-bond donors (Lipinski definition) is 3. The summed E-state index contributed by atoms with van der Waals surface area (Å²) in [6.07, 6.45) is 13.3. The van der Waals surface area contributed by atoms with Crippen LogP contribution in [0.3, 0.4) is 0 Å². The molecule has 0 amide bonds. The van der Waals surface area contributed by atoms with Crippen LogP contribution in [-0.2, 0) is 28.5 Å². The lowest BCUT2D eigenvalue weighted by molar-refractivity contribution is -0.438. The molecule has 0 spiro atoms. The van der Waals surface area contributed by atoms with Crippen molar-refractivity contribution in [1.29, 1.82) is 0 Å². The number of rotatable bonds is 17. The highest BCUT2D eigenvalue weighted by atomic mass is 127. The molecule has 0 aromatic heterocycles. The van der Waals surface area contributed by atoms with Crippen molar-refractivity contribution in [3.63, 3.8) is 0 Å². The number of esters is 1. The molecule has 4 rings (SSSR count). The lowest BCUT2D eigenvalue weighted by Crippen LogP contribution is -2.28. The molecule has 274 valence electrons. The number of carboxylic acid groups (broad SMARTS) is 2. The number of aromatic carboxylic acids is 2. The minimum absolute atomic E-state index is 0.184. The number of alkyl halides is 1. The first kappa shape index (κ1) is 40.0. The maximum Gasteiger partial charge on any atom is 0.335 e. The predicted octanol–water partition coefficient (Wildman–Crippen LogP) is 7.42. The van der Waals surface area contributed by atoms with Crippen molar-refractivity contribution >= 4 is 67.7 Å². The Labute approximate surface area is 313 Å². The number of anilines is 1. The molecule has 0 fully saturated rings. The van der Waals surface area contributed by atoms with E-state index < -0.39 is 30.9 Å². The molecule has 2 aliphatic heterocycles. The number of allylic oxidation sites excluding steroid dienone is 6. The number of hydrogen-bond acceptors (Lipinski definition) is 7. The van der Waals surface area contributed by atoms with Crippen LogP contribution in [0, 0.1) is 0 Å². The SMILES string of the molecule is CCOC(=O)CCCCCN1/C(=C/C=C/C=C/C2=[N+](CCCCS(=O)(=O)O)c3ccc(C(=O)O)cc3C2(C)C)C(C)(I)c2cc(C(=O)O)ccc21. The first-order chi connectivity index (χ1) is 24.0. The predicted molar refractivity (Wildman–Crippen MR) is 205 cm³/mol. The lowest BCUT2D eigenvalue weighted by Gasteiger charge is -2.25. The fourth-order valence-corrected chi connectivity index (χ4v) is 8.17. The third kappa shape index (κ3) is 9.54. The van der Waals surface area contributed by atoms with Crippen molar-refractivity contribution in [2.75, 3.05) is 30.3 Å². The molecule has 11 nitrogen and oxygen atoms in total. The Kier molecular flexibility index (Phi) is 13.1. The normalized spacial score (nSPS) is 18.9. The van der Waals surface area contributed by atoms with Crippen molar-refractivity contribution in [1.82, 2.24) is 0 Å². The first-order valence-corrected chi connectivity index (χ1v) is 19.7. The maximum atomic E-state index is 11.8. The van der Waals surface area contributed by atoms with Gasteiger partial charge < -0.3 is 19.8 Å². The van der Waals surface area contributed by atoms with Gasteiger partial charge >= 0.3 is 17.9 Å². The number of benzene rings is 2. The highest BCUT2D eigenvalue weighted by Gasteiger charge is 2.45. The molecule has 2 aliphatic rings. The van der Waals surface area contributed by atoms with Gasteiger partial charge in [0.15, 0.2) is 5.71 Å². The van der Waals surface area contributed by atoms with Crippen LogP contribution < -0.4 is 4.90 Å². The topological polar surface area (TPSA) is 162 Å². The van der Waals surface area contributed by atoms with E-state index in [-0.39, 0.29) is 29.3 Å². The van der Waals surface area contributed by atoms with E-state index in [9.17, 15) is 37.6 Å². The molecule has 1 atom stereocenters. The molecule has 13 heteroatoms. The van der Waals surface area contributed by atoms with Crippen LogP contribution in [0.25, 0.3) is 0 Å². The number of carbonyl (C=O) groups is 3. The smallest absolute Gasteiger partial charge is 0.335 e. The highest BCUT2D eigenvalue weighted by Crippen LogP contribution is 2.52. The van der Waals surface area contributed by atoms with Gasteiger partial charge in [0.25, 0.3) is 10.1 Å². The largest absolute Gasteiger partial charge is 0.478 e. The molecular weight excluding hydrogens is 787 g/mol. The van der Waals surface area contributed by atoms with E-state index in [1.54, 1.807) is 37.3 Å². The van der Waals surface area contributed by atoms with Gasteiger partial charge in [-0.1, -0.05) is 47.2 Å². The van der Waals surface area contributed by atoms with Gasteiger partial charge in [0, 0.05) is 48.5 Å². The van der Waals surface area contributed by atoms with E-state index in [4.69, 9.17) is 4.74 Å². The fourth-order valence-electron chi connectivity index (χ4n) is 6.70. The molecule has 0 saturated heterocycles. The number of carbonyl (C=O) groups excluding carboxylic acids is 1. The third-order valence-corrected chi connectivity index (χ3v) is 11.2. The standard InChI is InChI=1S/C38H45IN2O9S/c1-5-50-34(42)16-10-7-11-21-41-31-20-18-27(36(45)46)25-29(31)38(4,39)33(41)15-9-6-8-14-32-37(2,3)28-24-26(35(43)44)17-19-30(28)40(32)22-12-13-23-51(47,48)49/h6,8-9,14-15,17-20,24-25H,5,7,10-13,16,21-23H2,1-4H3,(H2-,43,44,45,46,47,48,49)/p+1. The van der Waals surface area contributed by atoms with Gasteiger partial charge in [0.1, 0.15) is 6.54 Å². The lowest BCUT2D eigenvalue weighted by atomic mass is 9.81. The second kappa shape index (κ2) is 16.7. The summed E-state index contributed by atoms with van der Waals surface area (Å²) in [4.78, 5) is 37.6. The minimum Gasteiger partial charge on any atom is -0.478 e. The van der Waals surface area contributed by atoms with E-state index in [1.165, 1.54) is 0 Å². The van der Waals surface area contributed by atoms with Crippen LogP contribution in [-0.4, -0.2) is 76.8 Å². The van der Waals surface area contributed by atoms with Crippen LogP contribution in [0.15, 0.2) is 72.5 Å². The zero-order valence-electron chi connectivity index (χ0n) is 29.4. The molecule has 2 aromatic carbocycles. The average Bonchev–Trinajstić information content (AvgIpc) is 3.40. The average molecular weight is 834 g/mol. The molecule has 2 aromatic rings. The number of nitrogens with zero attached hydrogens (tertiary/aromatic N) is 2. The monoisotopic (exact) mass is 833 g/mol. The molecule has 1 unspecified atom stereocenters. The quantitative estimate of drug-likeness (QED) is 0.0278. The Morgan fingerprint density at radius 2 is 1.57 bits per heavy atom. The zero-order chi connectivity index (χ0) is 37.6. The number of halogens is 1. The Hall–Kier alpha value is -3.82. The van der Waals surface area contributed by atoms with Crippen molar-refractivity contribution in [3.05, 3.63) is 94.7 Å².